The molecule has 0 aliphatic heterocycles. The highest BCUT2D eigenvalue weighted by molar-refractivity contribution is 6.41. The molecular weight excluding hydrogens is 811 g/mol. The Hall–Kier alpha value is -6.73. The van der Waals surface area contributed by atoms with Crippen molar-refractivity contribution in [3.63, 3.8) is 0 Å². The number of rotatable bonds is 24. The van der Waals surface area contributed by atoms with Gasteiger partial charge in [-0.05, 0) is 41.7 Å². The molecule has 0 saturated heterocycles. The second kappa shape index (κ2) is 24.5. The Morgan fingerprint density at radius 2 is 1.40 bits per heavy atom. The van der Waals surface area contributed by atoms with Gasteiger partial charge in [-0.15, -0.1) is 0 Å². The molecule has 16 N–H and O–H groups in total. The first-order chi connectivity index (χ1) is 29.4. The Morgan fingerprint density at radius 3 is 1.97 bits per heavy atom. The van der Waals surface area contributed by atoms with Crippen LogP contribution in [-0.2, 0) is 46.4 Å². The van der Waals surface area contributed by atoms with Crippen LogP contribution in [-0.4, -0.2) is 141 Å². The van der Waals surface area contributed by atoms with E-state index in [1.165, 1.54) is 25.1 Å². The van der Waals surface area contributed by atoms with Gasteiger partial charge in [-0.2, -0.15) is 0 Å². The summed E-state index contributed by atoms with van der Waals surface area (Å²) in [6.07, 6.45) is 0.690. The zero-order valence-electron chi connectivity index (χ0n) is 34.1. The number of aliphatic hydroxyl groups is 1. The van der Waals surface area contributed by atoms with Crippen molar-refractivity contribution in [3.8, 4) is 11.1 Å². The summed E-state index contributed by atoms with van der Waals surface area (Å²) < 4.78 is 0. The third kappa shape index (κ3) is 15.7. The third-order valence-corrected chi connectivity index (χ3v) is 9.26. The van der Waals surface area contributed by atoms with Crippen molar-refractivity contribution in [3.05, 3.63) is 77.9 Å². The van der Waals surface area contributed by atoms with Gasteiger partial charge in [-0.3, -0.25) is 38.4 Å². The molecule has 0 spiro atoms. The molecule has 8 amide bonds. The summed E-state index contributed by atoms with van der Waals surface area (Å²) in [6.45, 7) is 0.538. The highest BCUT2D eigenvalue weighted by Crippen LogP contribution is 2.21. The number of carbonyl (C=O) groups is 8. The predicted octanol–water partition coefficient (Wildman–Crippen LogP) is -5.01. The number of primary amides is 1. The number of nitrogens with two attached hydrogens (primary N) is 3. The topological polar surface area (TPSA) is 379 Å². The molecule has 334 valence electrons. The summed E-state index contributed by atoms with van der Waals surface area (Å²) in [6, 6.07) is 10.2. The van der Waals surface area contributed by atoms with Crippen LogP contribution in [0.4, 0.5) is 0 Å². The first-order valence-corrected chi connectivity index (χ1v) is 19.4. The number of hydrogen-bond donors (Lipinski definition) is 13. The van der Waals surface area contributed by atoms with Crippen molar-refractivity contribution in [1.82, 2.24) is 46.8 Å². The van der Waals surface area contributed by atoms with E-state index >= 15 is 0 Å². The second-order valence-corrected chi connectivity index (χ2v) is 14.0. The lowest BCUT2D eigenvalue weighted by molar-refractivity contribution is -0.140. The van der Waals surface area contributed by atoms with Gasteiger partial charge < -0.3 is 74.1 Å². The van der Waals surface area contributed by atoms with Gasteiger partial charge >= 0.3 is 7.12 Å². The van der Waals surface area contributed by atoms with Crippen LogP contribution >= 0.6 is 0 Å². The van der Waals surface area contributed by atoms with E-state index < -0.39 is 111 Å². The van der Waals surface area contributed by atoms with Crippen LogP contribution in [0.2, 0.25) is 0 Å². The number of carbonyl (C=O) groups excluding carboxylic acids is 8. The van der Waals surface area contributed by atoms with E-state index in [0.717, 1.165) is 35.3 Å². The van der Waals surface area contributed by atoms with E-state index in [-0.39, 0.29) is 12.0 Å². The number of benzene rings is 2. The number of imidazole rings is 1. The van der Waals surface area contributed by atoms with Gasteiger partial charge in [0.1, 0.15) is 18.1 Å². The van der Waals surface area contributed by atoms with Crippen LogP contribution < -0.4 is 49.1 Å². The van der Waals surface area contributed by atoms with Crippen LogP contribution in [0.15, 0.2) is 61.1 Å². The van der Waals surface area contributed by atoms with Crippen molar-refractivity contribution in [2.45, 2.75) is 69.5 Å². The molecule has 0 saturated carbocycles. The second-order valence-electron chi connectivity index (χ2n) is 14.0. The number of H-pyrrole nitrogens is 1. The fourth-order valence-electron chi connectivity index (χ4n) is 5.70. The number of aryl methyl sites for hydroxylation is 1. The summed E-state index contributed by atoms with van der Waals surface area (Å²) in [5.74, 6) is -7.73. The van der Waals surface area contributed by atoms with Crippen LogP contribution in [0.3, 0.4) is 0 Å². The van der Waals surface area contributed by atoms with Gasteiger partial charge in [0.25, 0.3) is 17.7 Å². The van der Waals surface area contributed by atoms with Gasteiger partial charge in [0.2, 0.25) is 29.5 Å². The molecule has 23 nitrogen and oxygen atoms in total. The number of nitrogens with one attached hydrogen (secondary N) is 7. The highest BCUT2D eigenvalue weighted by atomic mass is 16.4. The monoisotopic (exact) mass is 864 g/mol. The molecule has 0 aliphatic carbocycles. The van der Waals surface area contributed by atoms with Crippen molar-refractivity contribution in [1.29, 1.82) is 0 Å². The molecule has 1 heterocycles. The standard InChI is InChI=1S/C38H53BN12O11/c1-3-4-5-21-6-8-22(9-7-21)23-10-12-24(13-11-23)33(55)48-27(18-52)35(57)49-31(41)37(59)44-17-30(54)51(2)28(14-25-16-43-20-46-25)36(58)50-32(42)38(60)47-26(15-29(40)53)34(56)45-19-39(61)62/h6-13,16,20,26-28,31-32,52,61-62H,3-5,14-15,17-19,41-42H2,1-2H3,(H2,40,53)(H,43,46)(H,44,59)(H,45,56)(H,47,60)(H,48,55)(H,49,57)(H,50,58)/t26-,27+,28-,31-,32+/m0/s1. The summed E-state index contributed by atoms with van der Waals surface area (Å²) in [7, 11) is -0.729. The number of aromatic amines is 1. The Bertz CT molecular complexity index is 2000. The molecule has 3 aromatic rings. The van der Waals surface area contributed by atoms with Gasteiger partial charge in [0, 0.05) is 30.9 Å². The molecule has 2 aromatic carbocycles. The molecule has 3 rings (SSSR count). The first-order valence-electron chi connectivity index (χ1n) is 19.4. The van der Waals surface area contributed by atoms with E-state index in [4.69, 9.17) is 27.2 Å². The lowest BCUT2D eigenvalue weighted by Crippen LogP contribution is -2.61. The van der Waals surface area contributed by atoms with Crippen molar-refractivity contribution in [2.24, 2.45) is 17.2 Å². The number of hydrogen-bond acceptors (Lipinski definition) is 14. The van der Waals surface area contributed by atoms with Crippen LogP contribution in [0.5, 0.6) is 0 Å². The maximum atomic E-state index is 13.4. The molecule has 0 radical (unpaired) electrons. The lowest BCUT2D eigenvalue weighted by Gasteiger charge is -2.29. The van der Waals surface area contributed by atoms with Gasteiger partial charge in [-0.25, -0.2) is 4.98 Å². The van der Waals surface area contributed by atoms with E-state index in [1.54, 1.807) is 24.3 Å². The SMILES string of the molecule is CCCCc1ccc(-c2ccc(C(=O)N[C@H](CO)C(=O)N[C@H](N)C(=O)NCC(=O)N(C)[C@@H](Cc3cnc[nH]3)C(=O)N[C@@H](N)C(=O)N[C@@H](CC(N)=O)C(=O)NCB(O)O)cc2)cc1. The number of amides is 8. The van der Waals surface area contributed by atoms with E-state index in [0.29, 0.717) is 5.69 Å². The highest BCUT2D eigenvalue weighted by Gasteiger charge is 2.32. The first kappa shape index (κ1) is 49.6. The quantitative estimate of drug-likeness (QED) is 0.0296. The van der Waals surface area contributed by atoms with Crippen molar-refractivity contribution >= 4 is 54.4 Å². The van der Waals surface area contributed by atoms with Gasteiger partial charge in [-0.1, -0.05) is 49.7 Å². The molecule has 24 heteroatoms. The molecule has 0 bridgehead atoms. The van der Waals surface area contributed by atoms with E-state index in [2.05, 4.69) is 60.9 Å². The summed E-state index contributed by atoms with van der Waals surface area (Å²) in [5, 5.41) is 41.1. The fraction of sp³-hybridized carbons (Fsp3) is 0.395. The molecular formula is C38H53BN12O11. The summed E-state index contributed by atoms with van der Waals surface area (Å²) >= 11 is 0. The number of aliphatic hydroxyl groups excluding tert-OH is 1. The maximum Gasteiger partial charge on any atom is 0.472 e. The summed E-state index contributed by atoms with van der Waals surface area (Å²) in [4.78, 5) is 110. The average Bonchev–Trinajstić information content (AvgIpc) is 3.77. The third-order valence-electron chi connectivity index (χ3n) is 9.26. The van der Waals surface area contributed by atoms with E-state index in [9.17, 15) is 43.5 Å². The van der Waals surface area contributed by atoms with E-state index in [1.807, 2.05) is 12.1 Å². The minimum atomic E-state index is -1.94. The van der Waals surface area contributed by atoms with Crippen molar-refractivity contribution < 1.29 is 53.5 Å². The smallest absolute Gasteiger partial charge is 0.426 e. The van der Waals surface area contributed by atoms with Crippen LogP contribution in [0, 0.1) is 0 Å². The van der Waals surface area contributed by atoms with Gasteiger partial charge in [0.05, 0.1) is 32.3 Å². The zero-order chi connectivity index (χ0) is 45.9. The number of likely N-dealkylation sites (N-methyl/N-ethyl adjacent to an activating group) is 1. The number of aromatic nitrogens is 2. The Balaban J connectivity index is 1.57. The maximum absolute atomic E-state index is 13.4. The fourth-order valence-corrected chi connectivity index (χ4v) is 5.70. The predicted molar refractivity (Wildman–Crippen MR) is 222 cm³/mol. The van der Waals surface area contributed by atoms with Gasteiger partial charge in [0.15, 0.2) is 12.3 Å². The number of unbranched alkanes of at least 4 members (excludes halogenated alkanes) is 1. The number of nitrogens with zero attached hydrogens (tertiary/aromatic N) is 2. The minimum Gasteiger partial charge on any atom is -0.426 e. The molecule has 0 fully saturated rings. The average molecular weight is 865 g/mol. The summed E-state index contributed by atoms with van der Waals surface area (Å²) in [5.41, 5.74) is 20.5. The zero-order valence-corrected chi connectivity index (χ0v) is 34.1. The Morgan fingerprint density at radius 1 is 0.790 bits per heavy atom. The van der Waals surface area contributed by atoms with Crippen molar-refractivity contribution in [2.75, 3.05) is 26.6 Å². The molecule has 5 atom stereocenters. The Kier molecular flexibility index (Phi) is 19.6. The van der Waals surface area contributed by atoms with Crippen LogP contribution in [0.25, 0.3) is 11.1 Å². The largest absolute Gasteiger partial charge is 0.472 e. The molecule has 0 aliphatic rings. The normalized spacial score (nSPS) is 13.2. The lowest BCUT2D eigenvalue weighted by atomic mass is 9.92. The molecule has 62 heavy (non-hydrogen) atoms. The van der Waals surface area contributed by atoms with Crippen LogP contribution in [0.1, 0.15) is 47.8 Å². The molecule has 0 unspecified atom stereocenters. The molecule has 1 aromatic heterocycles. The minimum absolute atomic E-state index is 0.199. The Labute approximate surface area is 356 Å².